The van der Waals surface area contributed by atoms with Crippen LogP contribution in [-0.2, 0) is 31.9 Å². The van der Waals surface area contributed by atoms with Crippen LogP contribution in [0.5, 0.6) is 0 Å². The first-order valence-corrected chi connectivity index (χ1v) is 12.5. The van der Waals surface area contributed by atoms with E-state index in [1.807, 2.05) is 0 Å². The number of hydrogen-bond donors (Lipinski definition) is 1. The summed E-state index contributed by atoms with van der Waals surface area (Å²) in [7, 11) is -3.81. The van der Waals surface area contributed by atoms with Crippen molar-refractivity contribution in [3.05, 3.63) is 65.5 Å². The van der Waals surface area contributed by atoms with Crippen LogP contribution in [0.2, 0.25) is 0 Å². The molecule has 0 atom stereocenters. The summed E-state index contributed by atoms with van der Waals surface area (Å²) in [6.45, 7) is 0.872. The van der Waals surface area contributed by atoms with E-state index in [1.165, 1.54) is 28.6 Å². The number of ether oxygens (including phenoxy) is 1. The number of rotatable bonds is 6. The maximum absolute atomic E-state index is 13.2. The predicted molar refractivity (Wildman–Crippen MR) is 125 cm³/mol. The van der Waals surface area contributed by atoms with Crippen LogP contribution < -0.4 is 5.73 Å². The summed E-state index contributed by atoms with van der Waals surface area (Å²) in [4.78, 5) is 15.8. The first-order valence-electron chi connectivity index (χ1n) is 11.1. The van der Waals surface area contributed by atoms with Gasteiger partial charge >= 0.3 is 12.4 Å². The molecule has 208 valence electrons. The number of amides is 1. The summed E-state index contributed by atoms with van der Waals surface area (Å²) in [6.07, 6.45) is -8.09. The number of morpholine rings is 1. The van der Waals surface area contributed by atoms with E-state index >= 15 is 0 Å². The lowest BCUT2D eigenvalue weighted by molar-refractivity contribution is -0.143. The van der Waals surface area contributed by atoms with E-state index in [1.54, 1.807) is 0 Å². The van der Waals surface area contributed by atoms with Gasteiger partial charge in [-0.05, 0) is 35.9 Å². The summed E-state index contributed by atoms with van der Waals surface area (Å²) >= 11 is 0. The van der Waals surface area contributed by atoms with Crippen molar-refractivity contribution in [2.45, 2.75) is 17.2 Å². The molecule has 4 rings (SSSR count). The van der Waals surface area contributed by atoms with E-state index in [2.05, 4.69) is 10.1 Å². The van der Waals surface area contributed by atoms with Gasteiger partial charge in [0.25, 0.3) is 5.91 Å². The predicted octanol–water partition coefficient (Wildman–Crippen LogP) is 3.49. The van der Waals surface area contributed by atoms with E-state index in [9.17, 15) is 39.6 Å². The fourth-order valence-corrected chi connectivity index (χ4v) is 5.12. The average Bonchev–Trinajstić information content (AvgIpc) is 3.35. The molecule has 0 saturated carbocycles. The summed E-state index contributed by atoms with van der Waals surface area (Å²) in [5.41, 5.74) is 1.82. The number of nitrogens with two attached hydrogens (primary N) is 1. The Bertz CT molecular complexity index is 1480. The molecule has 16 heteroatoms. The SMILES string of the molecule is NC(=O)/C(=C/n1cnc(-c2cc(C(F)(F)F)cc(C(F)(F)F)c2)n1)c1ccc(S(=O)(=O)N2CCOCC2)cc1. The third-order valence-electron chi connectivity index (χ3n) is 5.65. The van der Waals surface area contributed by atoms with E-state index < -0.39 is 50.8 Å². The molecule has 1 aliphatic rings. The molecule has 2 N–H and O–H groups in total. The van der Waals surface area contributed by atoms with Gasteiger partial charge in [-0.15, -0.1) is 5.10 Å². The van der Waals surface area contributed by atoms with Crippen LogP contribution in [0.25, 0.3) is 23.2 Å². The van der Waals surface area contributed by atoms with Gasteiger partial charge in [0.05, 0.1) is 34.8 Å². The maximum Gasteiger partial charge on any atom is 0.416 e. The second kappa shape index (κ2) is 10.4. The molecule has 1 saturated heterocycles. The minimum absolute atomic E-state index is 0.0193. The molecule has 3 aromatic rings. The number of aromatic nitrogens is 3. The van der Waals surface area contributed by atoms with Gasteiger partial charge in [-0.25, -0.2) is 18.1 Å². The van der Waals surface area contributed by atoms with Gasteiger partial charge in [-0.2, -0.15) is 30.6 Å². The largest absolute Gasteiger partial charge is 0.416 e. The molecule has 1 amide bonds. The lowest BCUT2D eigenvalue weighted by Gasteiger charge is -2.26. The van der Waals surface area contributed by atoms with Gasteiger partial charge < -0.3 is 10.5 Å². The Hall–Kier alpha value is -3.76. The molecule has 0 bridgehead atoms. The number of benzene rings is 2. The summed E-state index contributed by atoms with van der Waals surface area (Å²) in [6, 6.07) is 6.11. The van der Waals surface area contributed by atoms with E-state index in [4.69, 9.17) is 10.5 Å². The first kappa shape index (κ1) is 28.3. The van der Waals surface area contributed by atoms with Gasteiger partial charge in [0, 0.05) is 24.9 Å². The number of alkyl halides is 6. The van der Waals surface area contributed by atoms with E-state index in [-0.39, 0.29) is 48.4 Å². The monoisotopic (exact) mass is 575 g/mol. The van der Waals surface area contributed by atoms with Crippen LogP contribution >= 0.6 is 0 Å². The fourth-order valence-electron chi connectivity index (χ4n) is 3.71. The minimum Gasteiger partial charge on any atom is -0.379 e. The Morgan fingerprint density at radius 2 is 1.51 bits per heavy atom. The van der Waals surface area contributed by atoms with Crippen LogP contribution in [0, 0.1) is 0 Å². The van der Waals surface area contributed by atoms with Crippen LogP contribution in [0.3, 0.4) is 0 Å². The molecule has 1 fully saturated rings. The number of carbonyl (C=O) groups is 1. The summed E-state index contributed by atoms with van der Waals surface area (Å²) in [5.74, 6) is -1.44. The molecule has 0 aliphatic carbocycles. The van der Waals surface area contributed by atoms with Crippen molar-refractivity contribution >= 4 is 27.7 Å². The molecular formula is C23H19F6N5O4S. The lowest BCUT2D eigenvalue weighted by atomic mass is 10.0. The van der Waals surface area contributed by atoms with Crippen LogP contribution in [0.4, 0.5) is 26.3 Å². The van der Waals surface area contributed by atoms with Crippen molar-refractivity contribution in [3.8, 4) is 11.4 Å². The Morgan fingerprint density at radius 3 is 2.03 bits per heavy atom. The van der Waals surface area contributed by atoms with Gasteiger partial charge in [0.1, 0.15) is 6.33 Å². The molecule has 2 aromatic carbocycles. The average molecular weight is 575 g/mol. The molecule has 1 aromatic heterocycles. The third-order valence-corrected chi connectivity index (χ3v) is 7.57. The number of carbonyl (C=O) groups excluding carboxylic acids is 1. The van der Waals surface area contributed by atoms with Crippen molar-refractivity contribution in [1.29, 1.82) is 0 Å². The zero-order chi connectivity index (χ0) is 28.6. The Balaban J connectivity index is 1.66. The van der Waals surface area contributed by atoms with Crippen LogP contribution in [-0.4, -0.2) is 59.7 Å². The molecular weight excluding hydrogens is 556 g/mol. The molecule has 0 radical (unpaired) electrons. The zero-order valence-electron chi connectivity index (χ0n) is 19.7. The molecule has 9 nitrogen and oxygen atoms in total. The van der Waals surface area contributed by atoms with Gasteiger partial charge in [-0.1, -0.05) is 12.1 Å². The third kappa shape index (κ3) is 6.29. The number of sulfonamides is 1. The van der Waals surface area contributed by atoms with Crippen LogP contribution in [0.15, 0.2) is 53.7 Å². The highest BCUT2D eigenvalue weighted by atomic mass is 32.2. The molecule has 0 unspecified atom stereocenters. The van der Waals surface area contributed by atoms with Gasteiger partial charge in [0.15, 0.2) is 5.82 Å². The first-order chi connectivity index (χ1) is 18.2. The van der Waals surface area contributed by atoms with E-state index in [0.717, 1.165) is 17.2 Å². The number of hydrogen-bond acceptors (Lipinski definition) is 6. The van der Waals surface area contributed by atoms with Crippen molar-refractivity contribution in [2.75, 3.05) is 26.3 Å². The Morgan fingerprint density at radius 1 is 0.949 bits per heavy atom. The van der Waals surface area contributed by atoms with Crippen molar-refractivity contribution in [1.82, 2.24) is 19.1 Å². The zero-order valence-corrected chi connectivity index (χ0v) is 20.5. The second-order valence-corrected chi connectivity index (χ2v) is 10.2. The van der Waals surface area contributed by atoms with Gasteiger partial charge in [-0.3, -0.25) is 4.79 Å². The topological polar surface area (TPSA) is 120 Å². The van der Waals surface area contributed by atoms with Gasteiger partial charge in [0.2, 0.25) is 10.0 Å². The normalized spacial score (nSPS) is 15.9. The van der Waals surface area contributed by atoms with Crippen molar-refractivity contribution < 1.29 is 44.3 Å². The molecule has 0 spiro atoms. The van der Waals surface area contributed by atoms with Crippen molar-refractivity contribution in [3.63, 3.8) is 0 Å². The summed E-state index contributed by atoms with van der Waals surface area (Å²) in [5, 5.41) is 3.86. The number of halogens is 6. The lowest BCUT2D eigenvalue weighted by Crippen LogP contribution is -2.40. The highest BCUT2D eigenvalue weighted by molar-refractivity contribution is 7.89. The highest BCUT2D eigenvalue weighted by Crippen LogP contribution is 2.38. The fraction of sp³-hybridized carbons (Fsp3) is 0.261. The molecule has 2 heterocycles. The summed E-state index contributed by atoms with van der Waals surface area (Å²) < 4.78 is 112. The Labute approximate surface area is 217 Å². The molecule has 39 heavy (non-hydrogen) atoms. The smallest absolute Gasteiger partial charge is 0.379 e. The molecule has 1 aliphatic heterocycles. The maximum atomic E-state index is 13.2. The second-order valence-electron chi connectivity index (χ2n) is 8.29. The number of primary amides is 1. The highest BCUT2D eigenvalue weighted by Gasteiger charge is 2.37. The number of nitrogens with zero attached hydrogens (tertiary/aromatic N) is 4. The van der Waals surface area contributed by atoms with Crippen molar-refractivity contribution in [2.24, 2.45) is 5.73 Å². The minimum atomic E-state index is -5.06. The Kier molecular flexibility index (Phi) is 7.55. The standard InChI is InChI=1S/C23H19F6N5O4S/c24-22(25,26)16-9-15(10-17(11-16)23(27,28)29)21-31-13-33(32-21)12-19(20(30)35)14-1-3-18(4-2-14)39(36,37)34-5-7-38-8-6-34/h1-4,9-13H,5-8H2,(H2,30,35)/b19-12+. The quantitative estimate of drug-likeness (QED) is 0.355. The van der Waals surface area contributed by atoms with Crippen LogP contribution in [0.1, 0.15) is 16.7 Å². The van der Waals surface area contributed by atoms with E-state index in [0.29, 0.717) is 12.1 Å².